The van der Waals surface area contributed by atoms with Crippen molar-refractivity contribution in [1.29, 1.82) is 0 Å². The Morgan fingerprint density at radius 1 is 1.00 bits per heavy atom. The number of amides is 2. The fourth-order valence-corrected chi connectivity index (χ4v) is 3.46. The van der Waals surface area contributed by atoms with Crippen molar-refractivity contribution in [3.05, 3.63) is 66.2 Å². The second-order valence-corrected chi connectivity index (χ2v) is 7.11. The highest BCUT2D eigenvalue weighted by Gasteiger charge is 2.34. The minimum atomic E-state index is -0.978. The van der Waals surface area contributed by atoms with Crippen LogP contribution in [-0.4, -0.2) is 30.0 Å². The predicted molar refractivity (Wildman–Crippen MR) is 113 cm³/mol. The standard InChI is InChI=1S/C23H24N2O5/c1-30-20-14-16(24-22(27)17-9-5-6-10-18(17)23(28)29)11-12-19(20)25-21(26)13-15-7-3-2-4-8-15/h2-8,11-12,14,17-18H,9-10,13H2,1H3,(H,24,27)(H,25,26)(H,28,29)/t17-,18+/m0/s1. The Balaban J connectivity index is 1.67. The van der Waals surface area contributed by atoms with Gasteiger partial charge in [-0.2, -0.15) is 0 Å². The fraction of sp³-hybridized carbons (Fsp3) is 0.261. The molecule has 2 aromatic rings. The van der Waals surface area contributed by atoms with E-state index in [9.17, 15) is 19.5 Å². The summed E-state index contributed by atoms with van der Waals surface area (Å²) in [7, 11) is 1.47. The molecule has 0 heterocycles. The van der Waals surface area contributed by atoms with E-state index in [-0.39, 0.29) is 18.2 Å². The maximum Gasteiger partial charge on any atom is 0.307 e. The van der Waals surface area contributed by atoms with Crippen LogP contribution in [0.5, 0.6) is 5.75 Å². The van der Waals surface area contributed by atoms with Crippen molar-refractivity contribution < 1.29 is 24.2 Å². The number of nitrogens with one attached hydrogen (secondary N) is 2. The fourth-order valence-electron chi connectivity index (χ4n) is 3.46. The molecule has 2 aromatic carbocycles. The molecule has 1 aliphatic carbocycles. The number of carboxylic acid groups (broad SMARTS) is 1. The van der Waals surface area contributed by atoms with Crippen molar-refractivity contribution in [2.75, 3.05) is 17.7 Å². The van der Waals surface area contributed by atoms with Crippen LogP contribution in [0.3, 0.4) is 0 Å². The second-order valence-electron chi connectivity index (χ2n) is 7.11. The Bertz CT molecular complexity index is 955. The molecule has 156 valence electrons. The number of anilines is 2. The monoisotopic (exact) mass is 408 g/mol. The molecule has 7 nitrogen and oxygen atoms in total. The largest absolute Gasteiger partial charge is 0.494 e. The van der Waals surface area contributed by atoms with Crippen LogP contribution >= 0.6 is 0 Å². The summed E-state index contributed by atoms with van der Waals surface area (Å²) in [5, 5.41) is 14.9. The average molecular weight is 408 g/mol. The molecule has 0 spiro atoms. The number of benzene rings is 2. The van der Waals surface area contributed by atoms with E-state index in [0.717, 1.165) is 5.56 Å². The molecule has 0 radical (unpaired) electrons. The number of allylic oxidation sites excluding steroid dienone is 2. The van der Waals surface area contributed by atoms with Gasteiger partial charge in [0.05, 0.1) is 31.1 Å². The summed E-state index contributed by atoms with van der Waals surface area (Å²) in [5.74, 6) is -2.50. The summed E-state index contributed by atoms with van der Waals surface area (Å²) < 4.78 is 5.35. The lowest BCUT2D eigenvalue weighted by Crippen LogP contribution is -2.34. The summed E-state index contributed by atoms with van der Waals surface area (Å²) in [6, 6.07) is 14.3. The van der Waals surface area contributed by atoms with Crippen molar-refractivity contribution in [3.63, 3.8) is 0 Å². The number of ether oxygens (including phenoxy) is 1. The summed E-state index contributed by atoms with van der Waals surface area (Å²) >= 11 is 0. The number of methoxy groups -OCH3 is 1. The SMILES string of the molecule is COc1cc(NC(=O)[C@H]2CC=CC[C@H]2C(=O)O)ccc1NC(=O)Cc1ccccc1. The predicted octanol–water partition coefficient (Wildman–Crippen LogP) is 3.48. The molecule has 0 saturated carbocycles. The summed E-state index contributed by atoms with van der Waals surface area (Å²) in [4.78, 5) is 36.4. The van der Waals surface area contributed by atoms with E-state index in [2.05, 4.69) is 10.6 Å². The molecular formula is C23H24N2O5. The molecule has 2 atom stereocenters. The first-order chi connectivity index (χ1) is 14.5. The second kappa shape index (κ2) is 9.73. The molecule has 30 heavy (non-hydrogen) atoms. The van der Waals surface area contributed by atoms with Gasteiger partial charge in [-0.25, -0.2) is 0 Å². The molecule has 0 aliphatic heterocycles. The highest BCUT2D eigenvalue weighted by atomic mass is 16.5. The first-order valence-corrected chi connectivity index (χ1v) is 9.68. The number of hydrogen-bond donors (Lipinski definition) is 3. The van der Waals surface area contributed by atoms with E-state index in [1.165, 1.54) is 7.11 Å². The van der Waals surface area contributed by atoms with Crippen LogP contribution in [0.4, 0.5) is 11.4 Å². The highest BCUT2D eigenvalue weighted by molar-refractivity contribution is 5.97. The van der Waals surface area contributed by atoms with Crippen LogP contribution in [0.15, 0.2) is 60.7 Å². The zero-order valence-corrected chi connectivity index (χ0v) is 16.6. The van der Waals surface area contributed by atoms with Crippen molar-refractivity contribution in [2.45, 2.75) is 19.3 Å². The first kappa shape index (κ1) is 21.1. The van der Waals surface area contributed by atoms with Gasteiger partial charge in [0.2, 0.25) is 11.8 Å². The normalized spacial score (nSPS) is 17.8. The van der Waals surface area contributed by atoms with Crippen molar-refractivity contribution in [3.8, 4) is 5.75 Å². The lowest BCUT2D eigenvalue weighted by molar-refractivity contribution is -0.146. The minimum absolute atomic E-state index is 0.186. The first-order valence-electron chi connectivity index (χ1n) is 9.68. The third-order valence-electron chi connectivity index (χ3n) is 5.04. The molecule has 3 N–H and O–H groups in total. The lowest BCUT2D eigenvalue weighted by Gasteiger charge is -2.24. The number of carbonyl (C=O) groups excluding carboxylic acids is 2. The molecule has 2 amide bonds. The van der Waals surface area contributed by atoms with E-state index < -0.39 is 17.8 Å². The molecule has 0 aromatic heterocycles. The molecule has 0 fully saturated rings. The van der Waals surface area contributed by atoms with Gasteiger partial charge in [0, 0.05) is 11.8 Å². The van der Waals surface area contributed by atoms with E-state index >= 15 is 0 Å². The molecule has 1 aliphatic rings. The van der Waals surface area contributed by atoms with E-state index in [1.807, 2.05) is 36.4 Å². The van der Waals surface area contributed by atoms with Crippen molar-refractivity contribution in [1.82, 2.24) is 0 Å². The van der Waals surface area contributed by atoms with Gasteiger partial charge in [0.15, 0.2) is 0 Å². The number of aliphatic carboxylic acids is 1. The Labute approximate surface area is 174 Å². The van der Waals surface area contributed by atoms with Crippen molar-refractivity contribution in [2.24, 2.45) is 11.8 Å². The van der Waals surface area contributed by atoms with Crippen LogP contribution in [-0.2, 0) is 20.8 Å². The van der Waals surface area contributed by atoms with Crippen LogP contribution in [0.25, 0.3) is 0 Å². The van der Waals surface area contributed by atoms with Gasteiger partial charge in [-0.3, -0.25) is 14.4 Å². The molecule has 7 heteroatoms. The Morgan fingerprint density at radius 2 is 1.70 bits per heavy atom. The summed E-state index contributed by atoms with van der Waals surface area (Å²) in [5.41, 5.74) is 1.85. The zero-order chi connectivity index (χ0) is 21.5. The van der Waals surface area contributed by atoms with Crippen LogP contribution < -0.4 is 15.4 Å². The van der Waals surface area contributed by atoms with Gasteiger partial charge in [-0.1, -0.05) is 42.5 Å². The highest BCUT2D eigenvalue weighted by Crippen LogP contribution is 2.31. The van der Waals surface area contributed by atoms with E-state index in [1.54, 1.807) is 24.3 Å². The van der Waals surface area contributed by atoms with Crippen LogP contribution in [0.2, 0.25) is 0 Å². The van der Waals surface area contributed by atoms with E-state index in [0.29, 0.717) is 30.0 Å². The number of hydrogen-bond acceptors (Lipinski definition) is 4. The van der Waals surface area contributed by atoms with Crippen LogP contribution in [0, 0.1) is 11.8 Å². The Hall–Kier alpha value is -3.61. The maximum absolute atomic E-state index is 12.6. The lowest BCUT2D eigenvalue weighted by atomic mass is 9.82. The third kappa shape index (κ3) is 5.26. The topological polar surface area (TPSA) is 105 Å². The molecule has 3 rings (SSSR count). The molecule has 0 unspecified atom stereocenters. The summed E-state index contributed by atoms with van der Waals surface area (Å²) in [6.07, 6.45) is 4.57. The van der Waals surface area contributed by atoms with Gasteiger partial charge in [0.25, 0.3) is 0 Å². The maximum atomic E-state index is 12.6. The third-order valence-corrected chi connectivity index (χ3v) is 5.04. The quantitative estimate of drug-likeness (QED) is 0.609. The van der Waals surface area contributed by atoms with Crippen molar-refractivity contribution >= 4 is 29.2 Å². The van der Waals surface area contributed by atoms with Gasteiger partial charge in [0.1, 0.15) is 5.75 Å². The zero-order valence-electron chi connectivity index (χ0n) is 16.6. The van der Waals surface area contributed by atoms with E-state index in [4.69, 9.17) is 4.74 Å². The van der Waals surface area contributed by atoms with Gasteiger partial charge in [-0.05, 0) is 30.5 Å². The number of carboxylic acids is 1. The summed E-state index contributed by atoms with van der Waals surface area (Å²) in [6.45, 7) is 0. The van der Waals surface area contributed by atoms with Crippen LogP contribution in [0.1, 0.15) is 18.4 Å². The Morgan fingerprint density at radius 3 is 2.37 bits per heavy atom. The molecule has 0 bridgehead atoms. The number of carbonyl (C=O) groups is 3. The number of rotatable bonds is 7. The smallest absolute Gasteiger partial charge is 0.307 e. The average Bonchev–Trinajstić information content (AvgIpc) is 2.75. The Kier molecular flexibility index (Phi) is 6.85. The molecular weight excluding hydrogens is 384 g/mol. The van der Waals surface area contributed by atoms with Gasteiger partial charge in [-0.15, -0.1) is 0 Å². The molecule has 0 saturated heterocycles. The minimum Gasteiger partial charge on any atom is -0.494 e. The van der Waals surface area contributed by atoms with Gasteiger partial charge < -0.3 is 20.5 Å². The van der Waals surface area contributed by atoms with Gasteiger partial charge >= 0.3 is 5.97 Å².